The van der Waals surface area contributed by atoms with Gasteiger partial charge in [0.15, 0.2) is 6.10 Å². The molecule has 0 aliphatic carbocycles. The van der Waals surface area contributed by atoms with Gasteiger partial charge >= 0.3 is 0 Å². The lowest BCUT2D eigenvalue weighted by molar-refractivity contribution is -0.122. The van der Waals surface area contributed by atoms with E-state index in [1.807, 2.05) is 25.1 Å². The molecule has 1 N–H and O–H groups in total. The summed E-state index contributed by atoms with van der Waals surface area (Å²) in [5.74, 6) is -0.163. The van der Waals surface area contributed by atoms with E-state index in [0.717, 1.165) is 5.56 Å². The molecule has 6 nitrogen and oxygen atoms in total. The van der Waals surface area contributed by atoms with Crippen molar-refractivity contribution in [1.29, 1.82) is 0 Å². The predicted octanol–water partition coefficient (Wildman–Crippen LogP) is 4.24. The molecule has 0 spiro atoms. The molecule has 154 valence electrons. The average Bonchev–Trinajstić information content (AvgIpc) is 2.73. The minimum atomic E-state index is -3.92. The highest BCUT2D eigenvalue weighted by Crippen LogP contribution is 2.39. The number of aryl methyl sites for hydroxylation is 1. The number of hydrogen-bond donors (Lipinski definition) is 1. The van der Waals surface area contributed by atoms with Crippen LogP contribution in [0.1, 0.15) is 5.56 Å². The highest BCUT2D eigenvalue weighted by atomic mass is 35.5. The topological polar surface area (TPSA) is 75.7 Å². The van der Waals surface area contributed by atoms with E-state index in [4.69, 9.17) is 16.3 Å². The molecule has 0 fully saturated rings. The minimum absolute atomic E-state index is 0.121. The zero-order valence-corrected chi connectivity index (χ0v) is 17.7. The Bertz CT molecular complexity index is 1200. The van der Waals surface area contributed by atoms with Crippen molar-refractivity contribution in [2.24, 2.45) is 0 Å². The van der Waals surface area contributed by atoms with Crippen molar-refractivity contribution in [1.82, 2.24) is 0 Å². The second kappa shape index (κ2) is 8.01. The van der Waals surface area contributed by atoms with Crippen molar-refractivity contribution < 1.29 is 17.9 Å². The minimum Gasteiger partial charge on any atom is -0.476 e. The SMILES string of the molecule is Cc1cccc(NC(=O)[C@H]2CN(S(=O)(=O)c3ccccc3)c3cc(Cl)ccc3O2)c1. The number of ether oxygens (including phenoxy) is 1. The van der Waals surface area contributed by atoms with Gasteiger partial charge in [-0.25, -0.2) is 8.42 Å². The molecule has 1 heterocycles. The van der Waals surface area contributed by atoms with Gasteiger partial charge in [-0.1, -0.05) is 41.9 Å². The Labute approximate surface area is 180 Å². The number of nitrogens with one attached hydrogen (secondary N) is 1. The molecule has 1 atom stereocenters. The molecule has 1 amide bonds. The molecule has 0 bridgehead atoms. The summed E-state index contributed by atoms with van der Waals surface area (Å²) in [6, 6.07) is 20.1. The van der Waals surface area contributed by atoms with E-state index >= 15 is 0 Å². The molecule has 0 saturated carbocycles. The third-order valence-corrected chi connectivity index (χ3v) is 6.73. The summed E-state index contributed by atoms with van der Waals surface area (Å²) in [5, 5.41) is 3.16. The van der Waals surface area contributed by atoms with Crippen molar-refractivity contribution in [3.05, 3.63) is 83.4 Å². The van der Waals surface area contributed by atoms with E-state index < -0.39 is 22.0 Å². The van der Waals surface area contributed by atoms with Gasteiger partial charge in [-0.2, -0.15) is 0 Å². The Balaban J connectivity index is 1.70. The number of sulfonamides is 1. The largest absolute Gasteiger partial charge is 0.476 e. The Kier molecular flexibility index (Phi) is 5.40. The van der Waals surface area contributed by atoms with Gasteiger partial charge in [0, 0.05) is 10.7 Å². The number of anilines is 2. The standard InChI is InChI=1S/C22H19ClN2O4S/c1-15-6-5-7-17(12-15)24-22(26)21-14-25(19-13-16(23)10-11-20(19)29-21)30(27,28)18-8-3-2-4-9-18/h2-13,21H,14H2,1H3,(H,24,26)/t21-/m1/s1. The van der Waals surface area contributed by atoms with E-state index in [1.165, 1.54) is 22.5 Å². The number of fused-ring (bicyclic) bond motifs is 1. The quantitative estimate of drug-likeness (QED) is 0.655. The zero-order chi connectivity index (χ0) is 21.3. The lowest BCUT2D eigenvalue weighted by Crippen LogP contribution is -2.48. The van der Waals surface area contributed by atoms with Crippen LogP contribution in [-0.4, -0.2) is 27.0 Å². The van der Waals surface area contributed by atoms with Crippen LogP contribution in [0.3, 0.4) is 0 Å². The number of carbonyl (C=O) groups excluding carboxylic acids is 1. The summed E-state index contributed by atoms with van der Waals surface area (Å²) >= 11 is 6.10. The van der Waals surface area contributed by atoms with E-state index in [1.54, 1.807) is 36.4 Å². The number of carbonyl (C=O) groups is 1. The molecule has 0 radical (unpaired) electrons. The molecule has 30 heavy (non-hydrogen) atoms. The van der Waals surface area contributed by atoms with Crippen molar-refractivity contribution in [2.75, 3.05) is 16.2 Å². The highest BCUT2D eigenvalue weighted by Gasteiger charge is 2.37. The second-order valence-corrected chi connectivity index (χ2v) is 9.23. The Morgan fingerprint density at radius 3 is 2.57 bits per heavy atom. The number of nitrogens with zero attached hydrogens (tertiary/aromatic N) is 1. The third kappa shape index (κ3) is 3.99. The summed E-state index contributed by atoms with van der Waals surface area (Å²) in [6.07, 6.45) is -1.03. The van der Waals surface area contributed by atoms with Crippen LogP contribution >= 0.6 is 11.6 Å². The van der Waals surface area contributed by atoms with Gasteiger partial charge in [0.25, 0.3) is 15.9 Å². The summed E-state index contributed by atoms with van der Waals surface area (Å²) in [7, 11) is -3.92. The molecule has 0 saturated heterocycles. The fourth-order valence-electron chi connectivity index (χ4n) is 3.25. The normalized spacial score (nSPS) is 15.8. The first kappa shape index (κ1) is 20.3. The van der Waals surface area contributed by atoms with E-state index in [2.05, 4.69) is 5.32 Å². The molecule has 3 aromatic carbocycles. The summed E-state index contributed by atoms with van der Waals surface area (Å²) < 4.78 is 33.7. The smallest absolute Gasteiger partial charge is 0.267 e. The van der Waals surface area contributed by atoms with E-state index in [-0.39, 0.29) is 17.2 Å². The number of benzene rings is 3. The van der Waals surface area contributed by atoms with Gasteiger partial charge in [0.05, 0.1) is 17.1 Å². The second-order valence-electron chi connectivity index (χ2n) is 6.93. The first-order valence-corrected chi connectivity index (χ1v) is 11.1. The van der Waals surface area contributed by atoms with Gasteiger partial charge < -0.3 is 10.1 Å². The van der Waals surface area contributed by atoms with Crippen LogP contribution in [0.15, 0.2) is 77.7 Å². The number of rotatable bonds is 4. The van der Waals surface area contributed by atoms with Crippen molar-refractivity contribution in [3.63, 3.8) is 0 Å². The van der Waals surface area contributed by atoms with Crippen molar-refractivity contribution in [3.8, 4) is 5.75 Å². The molecular weight excluding hydrogens is 424 g/mol. The molecule has 0 unspecified atom stereocenters. The van der Waals surface area contributed by atoms with Gasteiger partial charge in [-0.3, -0.25) is 9.10 Å². The van der Waals surface area contributed by atoms with Crippen molar-refractivity contribution in [2.45, 2.75) is 17.9 Å². The fourth-order valence-corrected chi connectivity index (χ4v) is 4.91. The molecular formula is C22H19ClN2O4S. The van der Waals surface area contributed by atoms with E-state index in [9.17, 15) is 13.2 Å². The van der Waals surface area contributed by atoms with Crippen LogP contribution in [0.25, 0.3) is 0 Å². The maximum Gasteiger partial charge on any atom is 0.267 e. The molecule has 3 aromatic rings. The van der Waals surface area contributed by atoms with Gasteiger partial charge in [0.1, 0.15) is 5.75 Å². The summed E-state index contributed by atoms with van der Waals surface area (Å²) in [6.45, 7) is 1.74. The number of hydrogen-bond acceptors (Lipinski definition) is 4. The van der Waals surface area contributed by atoms with Gasteiger partial charge in [0.2, 0.25) is 0 Å². The lowest BCUT2D eigenvalue weighted by Gasteiger charge is -2.34. The molecule has 0 aromatic heterocycles. The highest BCUT2D eigenvalue weighted by molar-refractivity contribution is 7.92. The molecule has 1 aliphatic heterocycles. The van der Waals surface area contributed by atoms with Gasteiger partial charge in [-0.15, -0.1) is 0 Å². The molecule has 1 aliphatic rings. The fraction of sp³-hybridized carbons (Fsp3) is 0.136. The van der Waals surface area contributed by atoms with Crippen molar-refractivity contribution >= 4 is 38.9 Å². The molecule has 8 heteroatoms. The van der Waals surface area contributed by atoms with Crippen LogP contribution in [-0.2, 0) is 14.8 Å². The maximum atomic E-state index is 13.3. The average molecular weight is 443 g/mol. The van der Waals surface area contributed by atoms with E-state index in [0.29, 0.717) is 16.4 Å². The Morgan fingerprint density at radius 2 is 1.83 bits per heavy atom. The zero-order valence-electron chi connectivity index (χ0n) is 16.1. The molecule has 4 rings (SSSR count). The van der Waals surface area contributed by atoms with Crippen LogP contribution in [0.2, 0.25) is 5.02 Å². The maximum absolute atomic E-state index is 13.3. The van der Waals surface area contributed by atoms with Crippen LogP contribution in [0.5, 0.6) is 5.75 Å². The predicted molar refractivity (Wildman–Crippen MR) is 117 cm³/mol. The van der Waals surface area contributed by atoms with Crippen LogP contribution in [0.4, 0.5) is 11.4 Å². The monoisotopic (exact) mass is 442 g/mol. The van der Waals surface area contributed by atoms with Gasteiger partial charge in [-0.05, 0) is 55.0 Å². The first-order chi connectivity index (χ1) is 14.3. The third-order valence-electron chi connectivity index (χ3n) is 4.70. The Hall–Kier alpha value is -3.03. The summed E-state index contributed by atoms with van der Waals surface area (Å²) in [4.78, 5) is 13.0. The number of halogens is 1. The van der Waals surface area contributed by atoms with Crippen LogP contribution < -0.4 is 14.4 Å². The first-order valence-electron chi connectivity index (χ1n) is 9.26. The summed E-state index contributed by atoms with van der Waals surface area (Å²) in [5.41, 5.74) is 1.90. The Morgan fingerprint density at radius 1 is 1.07 bits per heavy atom. The van der Waals surface area contributed by atoms with Crippen LogP contribution in [0, 0.1) is 6.92 Å². The number of amides is 1. The lowest BCUT2D eigenvalue weighted by atomic mass is 10.2.